The second-order valence-corrected chi connectivity index (χ2v) is 10.1. The van der Waals surface area contributed by atoms with Gasteiger partial charge in [0.15, 0.2) is 0 Å². The Bertz CT molecular complexity index is 1380. The Morgan fingerprint density at radius 1 is 1.16 bits per heavy atom. The standard InChI is InChI=1S/C30H34ClN5O2/c1-6-35(5)10-8-21-13-24(25-12-19(3)17-34-29(25)31)23-9-11-36(30(37)26(23)14-21)20(4)27-15-28(38-7-2)22(16-32)18-33-27/h12-15,17-18,20H,6-11H2,1-5H3/t20-/m0/s1. The lowest BCUT2D eigenvalue weighted by molar-refractivity contribution is 0.0669. The minimum atomic E-state index is -0.287. The lowest BCUT2D eigenvalue weighted by Gasteiger charge is -2.35. The van der Waals surface area contributed by atoms with Crippen LogP contribution in [0.3, 0.4) is 0 Å². The number of hydrogen-bond acceptors (Lipinski definition) is 6. The van der Waals surface area contributed by atoms with E-state index in [-0.39, 0.29) is 11.9 Å². The number of nitrogens with zero attached hydrogens (tertiary/aromatic N) is 5. The van der Waals surface area contributed by atoms with Gasteiger partial charge in [0.1, 0.15) is 22.5 Å². The first-order chi connectivity index (χ1) is 18.3. The third-order valence-corrected chi connectivity index (χ3v) is 7.50. The van der Waals surface area contributed by atoms with E-state index in [1.54, 1.807) is 12.3 Å². The number of pyridine rings is 2. The number of benzene rings is 1. The number of amides is 1. The Labute approximate surface area is 230 Å². The van der Waals surface area contributed by atoms with Gasteiger partial charge in [0.05, 0.1) is 18.3 Å². The Morgan fingerprint density at radius 2 is 1.92 bits per heavy atom. The summed E-state index contributed by atoms with van der Waals surface area (Å²) >= 11 is 6.58. The van der Waals surface area contributed by atoms with Crippen LogP contribution in [-0.2, 0) is 12.8 Å². The average molecular weight is 532 g/mol. The van der Waals surface area contributed by atoms with Gasteiger partial charge in [-0.15, -0.1) is 0 Å². The van der Waals surface area contributed by atoms with Crippen LogP contribution in [0, 0.1) is 18.3 Å². The quantitative estimate of drug-likeness (QED) is 0.333. The van der Waals surface area contributed by atoms with E-state index in [0.717, 1.165) is 47.3 Å². The molecule has 1 amide bonds. The van der Waals surface area contributed by atoms with Crippen molar-refractivity contribution in [3.8, 4) is 22.9 Å². The molecule has 1 aliphatic heterocycles. The molecule has 198 valence electrons. The van der Waals surface area contributed by atoms with Crippen LogP contribution in [-0.4, -0.2) is 59.0 Å². The molecule has 8 heteroatoms. The molecule has 0 saturated carbocycles. The van der Waals surface area contributed by atoms with E-state index in [1.807, 2.05) is 37.8 Å². The number of rotatable bonds is 9. The molecule has 0 radical (unpaired) electrons. The molecular weight excluding hydrogens is 498 g/mol. The van der Waals surface area contributed by atoms with Crippen molar-refractivity contribution >= 4 is 17.5 Å². The first kappa shape index (κ1) is 27.6. The fraction of sp³-hybridized carbons (Fsp3) is 0.400. The maximum Gasteiger partial charge on any atom is 0.254 e. The van der Waals surface area contributed by atoms with E-state index in [4.69, 9.17) is 16.3 Å². The molecule has 38 heavy (non-hydrogen) atoms. The zero-order valence-electron chi connectivity index (χ0n) is 22.7. The zero-order valence-corrected chi connectivity index (χ0v) is 23.5. The maximum atomic E-state index is 14.0. The minimum absolute atomic E-state index is 0.0356. The lowest BCUT2D eigenvalue weighted by atomic mass is 9.87. The third kappa shape index (κ3) is 5.67. The van der Waals surface area contributed by atoms with Crippen molar-refractivity contribution in [3.05, 3.63) is 75.3 Å². The van der Waals surface area contributed by atoms with Crippen LogP contribution < -0.4 is 4.74 Å². The molecule has 4 rings (SSSR count). The van der Waals surface area contributed by atoms with Gasteiger partial charge in [-0.05, 0) is 81.6 Å². The first-order valence-corrected chi connectivity index (χ1v) is 13.5. The van der Waals surface area contributed by atoms with Crippen molar-refractivity contribution in [1.82, 2.24) is 19.8 Å². The van der Waals surface area contributed by atoms with Gasteiger partial charge >= 0.3 is 0 Å². The van der Waals surface area contributed by atoms with Crippen LogP contribution >= 0.6 is 11.6 Å². The summed E-state index contributed by atoms with van der Waals surface area (Å²) in [6, 6.07) is 9.87. The number of carbonyl (C=O) groups excluding carboxylic acids is 1. The monoisotopic (exact) mass is 531 g/mol. The molecule has 0 unspecified atom stereocenters. The van der Waals surface area contributed by atoms with Crippen LogP contribution in [0.1, 0.15) is 65.1 Å². The number of nitriles is 1. The van der Waals surface area contributed by atoms with Crippen molar-refractivity contribution in [2.75, 3.05) is 33.3 Å². The van der Waals surface area contributed by atoms with Gasteiger partial charge in [-0.2, -0.15) is 5.26 Å². The van der Waals surface area contributed by atoms with Gasteiger partial charge in [0.25, 0.3) is 5.91 Å². The number of aromatic nitrogens is 2. The van der Waals surface area contributed by atoms with E-state index in [9.17, 15) is 10.1 Å². The van der Waals surface area contributed by atoms with Crippen molar-refractivity contribution in [3.63, 3.8) is 0 Å². The van der Waals surface area contributed by atoms with Crippen molar-refractivity contribution < 1.29 is 9.53 Å². The minimum Gasteiger partial charge on any atom is -0.492 e. The number of likely N-dealkylation sites (N-methyl/N-ethyl adjacent to an activating group) is 1. The molecule has 0 N–H and O–H groups in total. The van der Waals surface area contributed by atoms with Crippen molar-refractivity contribution in [2.24, 2.45) is 0 Å². The Morgan fingerprint density at radius 3 is 2.63 bits per heavy atom. The number of hydrogen-bond donors (Lipinski definition) is 0. The SMILES string of the molecule is CCOc1cc([C@H](C)N2CCc3c(cc(CCN(C)CC)cc3-c3cc(C)cnc3Cl)C2=O)ncc1C#N. The maximum absolute atomic E-state index is 14.0. The van der Waals surface area contributed by atoms with Crippen LogP contribution in [0.15, 0.2) is 36.7 Å². The smallest absolute Gasteiger partial charge is 0.254 e. The molecule has 0 aliphatic carbocycles. The molecule has 3 heterocycles. The summed E-state index contributed by atoms with van der Waals surface area (Å²) in [4.78, 5) is 27.0. The zero-order chi connectivity index (χ0) is 27.4. The van der Waals surface area contributed by atoms with Gasteiger partial charge < -0.3 is 14.5 Å². The molecule has 1 aromatic carbocycles. The fourth-order valence-electron chi connectivity index (χ4n) is 4.85. The molecular formula is C30H34ClN5O2. The summed E-state index contributed by atoms with van der Waals surface area (Å²) in [6.07, 6.45) is 4.79. The third-order valence-electron chi connectivity index (χ3n) is 7.19. The van der Waals surface area contributed by atoms with E-state index < -0.39 is 0 Å². The van der Waals surface area contributed by atoms with Crippen LogP contribution in [0.4, 0.5) is 0 Å². The second-order valence-electron chi connectivity index (χ2n) is 9.74. The summed E-state index contributed by atoms with van der Waals surface area (Å²) in [5, 5.41) is 9.84. The normalized spacial score (nSPS) is 13.8. The Balaban J connectivity index is 1.75. The molecule has 2 aromatic heterocycles. The summed E-state index contributed by atoms with van der Waals surface area (Å²) in [6.45, 7) is 10.8. The van der Waals surface area contributed by atoms with Gasteiger partial charge in [-0.3, -0.25) is 9.78 Å². The summed E-state index contributed by atoms with van der Waals surface area (Å²) in [7, 11) is 2.09. The van der Waals surface area contributed by atoms with Gasteiger partial charge in [-0.25, -0.2) is 4.98 Å². The van der Waals surface area contributed by atoms with Crippen molar-refractivity contribution in [2.45, 2.75) is 46.6 Å². The van der Waals surface area contributed by atoms with Crippen LogP contribution in [0.5, 0.6) is 5.75 Å². The highest BCUT2D eigenvalue weighted by atomic mass is 35.5. The summed E-state index contributed by atoms with van der Waals surface area (Å²) in [5.41, 5.74) is 6.73. The highest BCUT2D eigenvalue weighted by Gasteiger charge is 2.32. The lowest BCUT2D eigenvalue weighted by Crippen LogP contribution is -2.40. The topological polar surface area (TPSA) is 82.3 Å². The molecule has 0 fully saturated rings. The number of fused-ring (bicyclic) bond motifs is 1. The number of aryl methyl sites for hydroxylation is 1. The molecule has 7 nitrogen and oxygen atoms in total. The van der Waals surface area contributed by atoms with E-state index in [1.165, 1.54) is 6.20 Å². The molecule has 0 saturated heterocycles. The van der Waals surface area contributed by atoms with Crippen LogP contribution in [0.25, 0.3) is 11.1 Å². The number of ether oxygens (including phenoxy) is 1. The molecule has 3 aromatic rings. The Kier molecular flexibility index (Phi) is 8.65. The number of carbonyl (C=O) groups is 1. The number of halogens is 1. The summed E-state index contributed by atoms with van der Waals surface area (Å²) in [5.74, 6) is 0.453. The highest BCUT2D eigenvalue weighted by Crippen LogP contribution is 2.37. The molecule has 0 bridgehead atoms. The van der Waals surface area contributed by atoms with E-state index in [0.29, 0.717) is 47.3 Å². The highest BCUT2D eigenvalue weighted by molar-refractivity contribution is 6.32. The van der Waals surface area contributed by atoms with Gasteiger partial charge in [0.2, 0.25) is 0 Å². The predicted molar refractivity (Wildman–Crippen MR) is 150 cm³/mol. The predicted octanol–water partition coefficient (Wildman–Crippen LogP) is 5.63. The van der Waals surface area contributed by atoms with E-state index in [2.05, 4.69) is 41.0 Å². The molecule has 1 atom stereocenters. The largest absolute Gasteiger partial charge is 0.492 e. The molecule has 1 aliphatic rings. The summed E-state index contributed by atoms with van der Waals surface area (Å²) < 4.78 is 5.66. The van der Waals surface area contributed by atoms with Crippen molar-refractivity contribution in [1.29, 1.82) is 5.26 Å². The van der Waals surface area contributed by atoms with Gasteiger partial charge in [-0.1, -0.05) is 24.6 Å². The van der Waals surface area contributed by atoms with Gasteiger partial charge in [0, 0.05) is 42.7 Å². The second kappa shape index (κ2) is 11.9. The fourth-order valence-corrected chi connectivity index (χ4v) is 5.06. The molecule has 0 spiro atoms. The van der Waals surface area contributed by atoms with E-state index >= 15 is 0 Å². The average Bonchev–Trinajstić information content (AvgIpc) is 2.92. The first-order valence-electron chi connectivity index (χ1n) is 13.1. The van der Waals surface area contributed by atoms with Crippen LogP contribution in [0.2, 0.25) is 5.15 Å². The Hall–Kier alpha value is -3.47.